The van der Waals surface area contributed by atoms with Gasteiger partial charge >= 0.3 is 0 Å². The van der Waals surface area contributed by atoms with Crippen LogP contribution in [0.2, 0.25) is 0 Å². The highest BCUT2D eigenvalue weighted by Gasteiger charge is 2.54. The van der Waals surface area contributed by atoms with Crippen molar-refractivity contribution in [3.8, 4) is 0 Å². The van der Waals surface area contributed by atoms with Gasteiger partial charge in [-0.2, -0.15) is 5.10 Å². The van der Waals surface area contributed by atoms with Gasteiger partial charge in [-0.25, -0.2) is 5.43 Å². The lowest BCUT2D eigenvalue weighted by Crippen LogP contribution is -2.22. The van der Waals surface area contributed by atoms with Crippen LogP contribution in [0.3, 0.4) is 0 Å². The Bertz CT molecular complexity index is 304. The van der Waals surface area contributed by atoms with Crippen LogP contribution in [0.25, 0.3) is 0 Å². The van der Waals surface area contributed by atoms with Crippen molar-refractivity contribution in [2.75, 3.05) is 0 Å². The Morgan fingerprint density at radius 3 is 2.31 bits per heavy atom. The van der Waals surface area contributed by atoms with E-state index in [2.05, 4.69) is 10.5 Å². The molecule has 3 aliphatic carbocycles. The lowest BCUT2D eigenvalue weighted by Gasteiger charge is -2.04. The fourth-order valence-corrected chi connectivity index (χ4v) is 3.48. The minimum atomic E-state index is 0.191. The molecule has 0 aromatic carbocycles. The summed E-state index contributed by atoms with van der Waals surface area (Å²) in [5, 5.41) is 4.26. The third-order valence-corrected chi connectivity index (χ3v) is 4.46. The molecular weight excluding hydrogens is 200 g/mol. The van der Waals surface area contributed by atoms with E-state index in [9.17, 15) is 4.79 Å². The largest absolute Gasteiger partial charge is 0.273 e. The van der Waals surface area contributed by atoms with E-state index in [4.69, 9.17) is 0 Å². The average molecular weight is 220 g/mol. The van der Waals surface area contributed by atoms with Crippen LogP contribution in [0.4, 0.5) is 0 Å². The highest BCUT2D eigenvalue weighted by molar-refractivity contribution is 5.88. The number of hydrogen-bond donors (Lipinski definition) is 1. The first-order chi connectivity index (χ1) is 7.86. The van der Waals surface area contributed by atoms with Crippen LogP contribution >= 0.6 is 0 Å². The number of carbonyl (C=O) groups excluding carboxylic acids is 1. The smallest absolute Gasteiger partial charge is 0.243 e. The Morgan fingerprint density at radius 2 is 1.69 bits per heavy atom. The van der Waals surface area contributed by atoms with Crippen molar-refractivity contribution in [3.63, 3.8) is 0 Å². The number of hydrazone groups is 1. The summed E-state index contributed by atoms with van der Waals surface area (Å²) in [7, 11) is 0. The molecule has 0 aromatic heterocycles. The van der Waals surface area contributed by atoms with Gasteiger partial charge in [-0.1, -0.05) is 12.8 Å². The van der Waals surface area contributed by atoms with E-state index in [1.165, 1.54) is 44.2 Å². The highest BCUT2D eigenvalue weighted by Crippen LogP contribution is 2.55. The van der Waals surface area contributed by atoms with Crippen molar-refractivity contribution in [2.24, 2.45) is 22.9 Å². The summed E-state index contributed by atoms with van der Waals surface area (Å²) in [5.41, 5.74) is 3.98. The Labute approximate surface area is 96.7 Å². The summed E-state index contributed by atoms with van der Waals surface area (Å²) < 4.78 is 0. The van der Waals surface area contributed by atoms with Gasteiger partial charge < -0.3 is 0 Å². The van der Waals surface area contributed by atoms with Gasteiger partial charge in [0.2, 0.25) is 5.91 Å². The molecule has 0 heterocycles. The summed E-state index contributed by atoms with van der Waals surface area (Å²) in [6.07, 6.45) is 9.81. The van der Waals surface area contributed by atoms with Gasteiger partial charge in [-0.05, 0) is 50.4 Å². The van der Waals surface area contributed by atoms with E-state index in [1.807, 2.05) is 0 Å². The second kappa shape index (κ2) is 4.19. The molecule has 16 heavy (non-hydrogen) atoms. The van der Waals surface area contributed by atoms with Gasteiger partial charge in [0.15, 0.2) is 0 Å². The SMILES string of the molecule is O=C(NN=C1CCCC1)C1[C@@H]2CCCC[C@@H]12. The fourth-order valence-electron chi connectivity index (χ4n) is 3.48. The monoisotopic (exact) mass is 220 g/mol. The lowest BCUT2D eigenvalue weighted by atomic mass is 10.0. The highest BCUT2D eigenvalue weighted by atomic mass is 16.2. The Balaban J connectivity index is 1.52. The van der Waals surface area contributed by atoms with Crippen LogP contribution < -0.4 is 5.43 Å². The van der Waals surface area contributed by atoms with Gasteiger partial charge in [0.1, 0.15) is 0 Å². The van der Waals surface area contributed by atoms with Crippen LogP contribution in [-0.4, -0.2) is 11.6 Å². The quantitative estimate of drug-likeness (QED) is 0.714. The van der Waals surface area contributed by atoms with E-state index < -0.39 is 0 Å². The molecule has 3 rings (SSSR count). The molecule has 1 amide bonds. The molecule has 2 atom stereocenters. The van der Waals surface area contributed by atoms with Crippen LogP contribution in [0, 0.1) is 17.8 Å². The molecule has 0 aliphatic heterocycles. The van der Waals surface area contributed by atoms with Crippen LogP contribution in [0.15, 0.2) is 5.10 Å². The van der Waals surface area contributed by atoms with E-state index >= 15 is 0 Å². The van der Waals surface area contributed by atoms with E-state index in [0.717, 1.165) is 12.8 Å². The topological polar surface area (TPSA) is 41.5 Å². The lowest BCUT2D eigenvalue weighted by molar-refractivity contribution is -0.122. The molecular formula is C13H20N2O. The van der Waals surface area contributed by atoms with Gasteiger partial charge in [0.05, 0.1) is 0 Å². The molecule has 88 valence electrons. The normalized spacial score (nSPS) is 36.8. The molecule has 0 radical (unpaired) electrons. The summed E-state index contributed by atoms with van der Waals surface area (Å²) in [6, 6.07) is 0. The Morgan fingerprint density at radius 1 is 1.06 bits per heavy atom. The second-order valence-corrected chi connectivity index (χ2v) is 5.50. The molecule has 0 saturated heterocycles. The van der Waals surface area contributed by atoms with Crippen molar-refractivity contribution in [2.45, 2.75) is 51.4 Å². The molecule has 0 spiro atoms. The first-order valence-corrected chi connectivity index (χ1v) is 6.71. The predicted molar refractivity (Wildman–Crippen MR) is 63.0 cm³/mol. The van der Waals surface area contributed by atoms with Crippen molar-refractivity contribution in [1.82, 2.24) is 5.43 Å². The number of amides is 1. The number of nitrogens with one attached hydrogen (secondary N) is 1. The average Bonchev–Trinajstić information content (AvgIpc) is 2.80. The van der Waals surface area contributed by atoms with Crippen molar-refractivity contribution in [3.05, 3.63) is 0 Å². The first kappa shape index (κ1) is 10.3. The molecule has 0 unspecified atom stereocenters. The zero-order valence-electron chi connectivity index (χ0n) is 9.74. The molecule has 3 heteroatoms. The van der Waals surface area contributed by atoms with Gasteiger partial charge in [-0.3, -0.25) is 4.79 Å². The third-order valence-electron chi connectivity index (χ3n) is 4.46. The van der Waals surface area contributed by atoms with Gasteiger partial charge in [0.25, 0.3) is 0 Å². The molecule has 0 bridgehead atoms. The molecule has 1 N–H and O–H groups in total. The minimum Gasteiger partial charge on any atom is -0.273 e. The third kappa shape index (κ3) is 1.87. The predicted octanol–water partition coefficient (Wildman–Crippen LogP) is 2.47. The van der Waals surface area contributed by atoms with E-state index in [1.54, 1.807) is 0 Å². The Hall–Kier alpha value is -0.860. The number of carbonyl (C=O) groups is 1. The standard InChI is InChI=1S/C13H20N2O/c16-13(15-14-9-5-1-2-6-9)12-10-7-3-4-8-11(10)12/h10-12H,1-8H2,(H,15,16)/t10-,11-/m1/s1. The second-order valence-electron chi connectivity index (χ2n) is 5.50. The van der Waals surface area contributed by atoms with E-state index in [0.29, 0.717) is 17.8 Å². The summed E-state index contributed by atoms with van der Waals surface area (Å²) >= 11 is 0. The van der Waals surface area contributed by atoms with Crippen LogP contribution in [0.5, 0.6) is 0 Å². The fraction of sp³-hybridized carbons (Fsp3) is 0.846. The molecule has 3 aliphatic rings. The van der Waals surface area contributed by atoms with Crippen molar-refractivity contribution < 1.29 is 4.79 Å². The maximum Gasteiger partial charge on any atom is 0.243 e. The number of nitrogens with zero attached hydrogens (tertiary/aromatic N) is 1. The number of rotatable bonds is 2. The number of hydrogen-bond acceptors (Lipinski definition) is 2. The van der Waals surface area contributed by atoms with Crippen molar-refractivity contribution in [1.29, 1.82) is 0 Å². The van der Waals surface area contributed by atoms with Crippen LogP contribution in [-0.2, 0) is 4.79 Å². The summed E-state index contributed by atoms with van der Waals surface area (Å²) in [4.78, 5) is 11.9. The van der Waals surface area contributed by atoms with Crippen LogP contribution in [0.1, 0.15) is 51.4 Å². The molecule has 3 saturated carbocycles. The zero-order valence-corrected chi connectivity index (χ0v) is 9.74. The van der Waals surface area contributed by atoms with Gasteiger partial charge in [0, 0.05) is 11.6 Å². The maximum atomic E-state index is 11.9. The summed E-state index contributed by atoms with van der Waals surface area (Å²) in [5.74, 6) is 1.87. The molecule has 0 aromatic rings. The summed E-state index contributed by atoms with van der Waals surface area (Å²) in [6.45, 7) is 0. The zero-order chi connectivity index (χ0) is 11.0. The molecule has 3 nitrogen and oxygen atoms in total. The van der Waals surface area contributed by atoms with Crippen molar-refractivity contribution >= 4 is 11.6 Å². The minimum absolute atomic E-state index is 0.191. The van der Waals surface area contributed by atoms with Gasteiger partial charge in [-0.15, -0.1) is 0 Å². The Kier molecular flexibility index (Phi) is 2.70. The van der Waals surface area contributed by atoms with E-state index in [-0.39, 0.29) is 5.91 Å². The number of fused-ring (bicyclic) bond motifs is 1. The maximum absolute atomic E-state index is 11.9. The molecule has 3 fully saturated rings. The first-order valence-electron chi connectivity index (χ1n) is 6.71.